The van der Waals surface area contributed by atoms with Gasteiger partial charge in [0, 0.05) is 25.9 Å². The lowest BCUT2D eigenvalue weighted by Gasteiger charge is -2.34. The van der Waals surface area contributed by atoms with Crippen molar-refractivity contribution in [2.45, 2.75) is 31.8 Å². The maximum Gasteiger partial charge on any atom is 0.335 e. The van der Waals surface area contributed by atoms with E-state index in [-0.39, 0.29) is 29.7 Å². The number of carboxylic acids is 1. The Kier molecular flexibility index (Phi) is 7.19. The molecular formula is C23H26N2O5. The Bertz CT molecular complexity index is 882. The molecule has 7 heteroatoms. The largest absolute Gasteiger partial charge is 0.492 e. The molecule has 0 spiro atoms. The number of para-hydroxylation sites is 1. The first-order valence-corrected chi connectivity index (χ1v) is 10.0. The zero-order chi connectivity index (χ0) is 21.5. The van der Waals surface area contributed by atoms with Crippen molar-refractivity contribution in [2.24, 2.45) is 0 Å². The number of ether oxygens (including phenoxy) is 1. The number of rotatable bonds is 8. The van der Waals surface area contributed by atoms with Crippen molar-refractivity contribution in [3.8, 4) is 5.75 Å². The molecule has 1 amide bonds. The van der Waals surface area contributed by atoms with Gasteiger partial charge in [-0.3, -0.25) is 14.5 Å². The van der Waals surface area contributed by atoms with Crippen molar-refractivity contribution in [3.63, 3.8) is 0 Å². The molecule has 0 radical (unpaired) electrons. The zero-order valence-electron chi connectivity index (χ0n) is 16.9. The van der Waals surface area contributed by atoms with Crippen LogP contribution in [0.25, 0.3) is 0 Å². The predicted molar refractivity (Wildman–Crippen MR) is 111 cm³/mol. The molecule has 0 bridgehead atoms. The number of ketones is 1. The number of hydrogen-bond donors (Lipinski definition) is 2. The zero-order valence-corrected chi connectivity index (χ0v) is 16.9. The summed E-state index contributed by atoms with van der Waals surface area (Å²) in [6, 6.07) is 15.0. The predicted octanol–water partition coefficient (Wildman–Crippen LogP) is 2.67. The summed E-state index contributed by atoms with van der Waals surface area (Å²) in [5.41, 5.74) is 0.995. The van der Waals surface area contributed by atoms with Crippen molar-refractivity contribution in [1.29, 1.82) is 0 Å². The standard InChI is InChI=1S/C23H26N2O5/c1-16(17-7-9-18(10-8-17)23(28)29)24-22(27)21-15-19(26)11-12-25(21)13-14-30-20-5-3-2-4-6-20/h2-10,16,21H,11-15H2,1H3,(H,24,27)(H,28,29)/t16-,21+/m0/s1. The Morgan fingerprint density at radius 3 is 2.53 bits per heavy atom. The molecule has 1 saturated heterocycles. The van der Waals surface area contributed by atoms with Gasteiger partial charge in [0.15, 0.2) is 0 Å². The van der Waals surface area contributed by atoms with Gasteiger partial charge in [-0.15, -0.1) is 0 Å². The quantitative estimate of drug-likeness (QED) is 0.695. The van der Waals surface area contributed by atoms with Crippen LogP contribution in [0.15, 0.2) is 54.6 Å². The first kappa shape index (κ1) is 21.5. The Labute approximate surface area is 175 Å². The second kappa shape index (κ2) is 10.0. The van der Waals surface area contributed by atoms with Gasteiger partial charge in [-0.25, -0.2) is 4.79 Å². The number of piperidine rings is 1. The van der Waals surface area contributed by atoms with E-state index in [1.807, 2.05) is 42.2 Å². The fraction of sp³-hybridized carbons (Fsp3) is 0.348. The fourth-order valence-corrected chi connectivity index (χ4v) is 3.50. The van der Waals surface area contributed by atoms with Crippen LogP contribution in [0.4, 0.5) is 0 Å². The molecule has 2 atom stereocenters. The Hall–Kier alpha value is -3.19. The molecule has 1 heterocycles. The number of carboxylic acid groups (broad SMARTS) is 1. The van der Waals surface area contributed by atoms with Crippen molar-refractivity contribution >= 4 is 17.7 Å². The minimum absolute atomic E-state index is 0.0776. The highest BCUT2D eigenvalue weighted by Crippen LogP contribution is 2.18. The number of nitrogens with zero attached hydrogens (tertiary/aromatic N) is 1. The first-order valence-electron chi connectivity index (χ1n) is 10.0. The topological polar surface area (TPSA) is 95.9 Å². The van der Waals surface area contributed by atoms with Gasteiger partial charge < -0.3 is 15.2 Å². The number of hydrogen-bond acceptors (Lipinski definition) is 5. The number of likely N-dealkylation sites (tertiary alicyclic amines) is 1. The summed E-state index contributed by atoms with van der Waals surface area (Å²) in [5, 5.41) is 12.0. The summed E-state index contributed by atoms with van der Waals surface area (Å²) >= 11 is 0. The molecule has 158 valence electrons. The molecule has 1 aliphatic heterocycles. The summed E-state index contributed by atoms with van der Waals surface area (Å²) in [4.78, 5) is 37.9. The van der Waals surface area contributed by atoms with E-state index in [0.29, 0.717) is 26.1 Å². The van der Waals surface area contributed by atoms with E-state index in [0.717, 1.165) is 11.3 Å². The number of carbonyl (C=O) groups is 3. The molecule has 1 fully saturated rings. The number of nitrogens with one attached hydrogen (secondary N) is 1. The number of aromatic carboxylic acids is 1. The van der Waals surface area contributed by atoms with Gasteiger partial charge in [-0.1, -0.05) is 30.3 Å². The number of benzene rings is 2. The molecule has 1 aliphatic rings. The van der Waals surface area contributed by atoms with Crippen LogP contribution in [0.1, 0.15) is 41.7 Å². The highest BCUT2D eigenvalue weighted by atomic mass is 16.5. The normalized spacial score (nSPS) is 17.9. The summed E-state index contributed by atoms with van der Waals surface area (Å²) in [7, 11) is 0. The average molecular weight is 410 g/mol. The number of amides is 1. The van der Waals surface area contributed by atoms with Crippen LogP contribution in [-0.4, -0.2) is 53.4 Å². The molecule has 0 aromatic heterocycles. The Morgan fingerprint density at radius 1 is 1.17 bits per heavy atom. The summed E-state index contributed by atoms with van der Waals surface area (Å²) in [5.74, 6) is -0.358. The molecule has 3 rings (SSSR count). The molecule has 7 nitrogen and oxygen atoms in total. The summed E-state index contributed by atoms with van der Waals surface area (Å²) < 4.78 is 5.74. The van der Waals surface area contributed by atoms with Gasteiger partial charge in [-0.05, 0) is 36.8 Å². The minimum Gasteiger partial charge on any atom is -0.492 e. The average Bonchev–Trinajstić information content (AvgIpc) is 2.75. The van der Waals surface area contributed by atoms with E-state index in [4.69, 9.17) is 9.84 Å². The van der Waals surface area contributed by atoms with Crippen LogP contribution < -0.4 is 10.1 Å². The van der Waals surface area contributed by atoms with Crippen molar-refractivity contribution in [3.05, 3.63) is 65.7 Å². The minimum atomic E-state index is -0.993. The maximum absolute atomic E-state index is 12.9. The van der Waals surface area contributed by atoms with Gasteiger partial charge in [0.05, 0.1) is 17.6 Å². The van der Waals surface area contributed by atoms with E-state index < -0.39 is 12.0 Å². The molecule has 0 unspecified atom stereocenters. The second-order valence-corrected chi connectivity index (χ2v) is 7.36. The van der Waals surface area contributed by atoms with E-state index in [1.54, 1.807) is 12.1 Å². The van der Waals surface area contributed by atoms with Crippen LogP contribution >= 0.6 is 0 Å². The Balaban J connectivity index is 1.59. The first-order chi connectivity index (χ1) is 14.4. The van der Waals surface area contributed by atoms with Gasteiger partial charge in [0.25, 0.3) is 0 Å². The maximum atomic E-state index is 12.9. The highest BCUT2D eigenvalue weighted by Gasteiger charge is 2.33. The van der Waals surface area contributed by atoms with E-state index in [1.165, 1.54) is 12.1 Å². The summed E-state index contributed by atoms with van der Waals surface area (Å²) in [6.07, 6.45) is 0.614. The van der Waals surface area contributed by atoms with Crippen molar-refractivity contribution < 1.29 is 24.2 Å². The SMILES string of the molecule is C[C@H](NC(=O)[C@H]1CC(=O)CCN1CCOc1ccccc1)c1ccc(C(=O)O)cc1. The monoisotopic (exact) mass is 410 g/mol. The fourth-order valence-electron chi connectivity index (χ4n) is 3.50. The summed E-state index contributed by atoms with van der Waals surface area (Å²) in [6.45, 7) is 3.33. The van der Waals surface area contributed by atoms with Crippen LogP contribution in [-0.2, 0) is 9.59 Å². The molecule has 2 N–H and O–H groups in total. The lowest BCUT2D eigenvalue weighted by molar-refractivity contribution is -0.134. The van der Waals surface area contributed by atoms with Gasteiger partial charge in [0.1, 0.15) is 18.1 Å². The van der Waals surface area contributed by atoms with E-state index in [9.17, 15) is 14.4 Å². The number of Topliss-reactive ketones (excluding diaryl/α,β-unsaturated/α-hetero) is 1. The second-order valence-electron chi connectivity index (χ2n) is 7.36. The van der Waals surface area contributed by atoms with Crippen LogP contribution in [0, 0.1) is 0 Å². The molecule has 0 saturated carbocycles. The van der Waals surface area contributed by atoms with Crippen LogP contribution in [0.3, 0.4) is 0 Å². The van der Waals surface area contributed by atoms with Gasteiger partial charge in [0.2, 0.25) is 5.91 Å². The smallest absolute Gasteiger partial charge is 0.335 e. The van der Waals surface area contributed by atoms with Crippen LogP contribution in [0.5, 0.6) is 5.75 Å². The third-order valence-electron chi connectivity index (χ3n) is 5.25. The van der Waals surface area contributed by atoms with Crippen LogP contribution in [0.2, 0.25) is 0 Å². The molecule has 30 heavy (non-hydrogen) atoms. The van der Waals surface area contributed by atoms with E-state index >= 15 is 0 Å². The third-order valence-corrected chi connectivity index (χ3v) is 5.25. The highest BCUT2D eigenvalue weighted by molar-refractivity contribution is 5.90. The lowest BCUT2D eigenvalue weighted by atomic mass is 9.99. The third kappa shape index (κ3) is 5.67. The van der Waals surface area contributed by atoms with Crippen molar-refractivity contribution in [2.75, 3.05) is 19.7 Å². The van der Waals surface area contributed by atoms with Crippen molar-refractivity contribution in [1.82, 2.24) is 10.2 Å². The van der Waals surface area contributed by atoms with Gasteiger partial charge in [-0.2, -0.15) is 0 Å². The van der Waals surface area contributed by atoms with E-state index in [2.05, 4.69) is 5.32 Å². The molecule has 2 aromatic carbocycles. The molecular weight excluding hydrogens is 384 g/mol. The molecule has 0 aliphatic carbocycles. The number of carbonyl (C=O) groups excluding carboxylic acids is 2. The molecule has 2 aromatic rings. The Morgan fingerprint density at radius 2 is 1.87 bits per heavy atom. The van der Waals surface area contributed by atoms with Gasteiger partial charge >= 0.3 is 5.97 Å². The lowest BCUT2D eigenvalue weighted by Crippen LogP contribution is -2.53.